The summed E-state index contributed by atoms with van der Waals surface area (Å²) in [7, 11) is 1.93. The molecule has 3 N–H and O–H groups in total. The number of fused-ring (bicyclic) bond motifs is 1. The summed E-state index contributed by atoms with van der Waals surface area (Å²) < 4.78 is 6.73. The summed E-state index contributed by atoms with van der Waals surface area (Å²) in [5.41, 5.74) is 0. The van der Waals surface area contributed by atoms with Crippen molar-refractivity contribution in [1.29, 1.82) is 0 Å². The number of hydrogen-bond acceptors (Lipinski definition) is 5. The highest BCUT2D eigenvalue weighted by atomic mass is 16.5. The molecule has 2 aliphatic heterocycles. The van der Waals surface area contributed by atoms with Crippen molar-refractivity contribution in [3.63, 3.8) is 0 Å². The zero-order valence-corrected chi connectivity index (χ0v) is 20.0. The first-order chi connectivity index (χ1) is 15.1. The van der Waals surface area contributed by atoms with Crippen LogP contribution in [0.1, 0.15) is 90.4 Å². The molecule has 0 aromatic rings. The van der Waals surface area contributed by atoms with Gasteiger partial charge in [0.05, 0.1) is 24.9 Å². The van der Waals surface area contributed by atoms with E-state index in [0.29, 0.717) is 18.1 Å². The van der Waals surface area contributed by atoms with Crippen LogP contribution in [0, 0.1) is 11.8 Å². The number of ether oxygens (including phenoxy) is 1. The minimum Gasteiger partial charge on any atom is -0.480 e. The number of carboxylic acids is 1. The zero-order valence-electron chi connectivity index (χ0n) is 20.0. The maximum Gasteiger partial charge on any atom is 0.317 e. The van der Waals surface area contributed by atoms with Crippen LogP contribution in [0.4, 0.5) is 0 Å². The number of rotatable bonds is 12. The minimum absolute atomic E-state index is 0.0768. The predicted molar refractivity (Wildman–Crippen MR) is 125 cm³/mol. The Morgan fingerprint density at radius 2 is 1.90 bits per heavy atom. The second-order valence-electron chi connectivity index (χ2n) is 10.4. The van der Waals surface area contributed by atoms with E-state index in [9.17, 15) is 9.90 Å². The largest absolute Gasteiger partial charge is 0.480 e. The number of aliphatic carboxylic acids is 1. The normalized spacial score (nSPS) is 33.9. The number of unbranched alkanes of at least 4 members (excludes halogenated alkanes) is 5. The Hall–Kier alpha value is -0.690. The van der Waals surface area contributed by atoms with Crippen molar-refractivity contribution in [3.05, 3.63) is 0 Å². The van der Waals surface area contributed by atoms with Crippen LogP contribution in [0.15, 0.2) is 0 Å². The van der Waals surface area contributed by atoms with Crippen LogP contribution in [-0.2, 0) is 9.53 Å². The fourth-order valence-electron chi connectivity index (χ4n) is 6.07. The van der Waals surface area contributed by atoms with Gasteiger partial charge in [0.2, 0.25) is 0 Å². The molecule has 6 nitrogen and oxygen atoms in total. The summed E-state index contributed by atoms with van der Waals surface area (Å²) in [5, 5.41) is 16.5. The molecule has 0 amide bonds. The maximum atomic E-state index is 11.3. The fourth-order valence-corrected chi connectivity index (χ4v) is 6.07. The molecule has 0 aromatic carbocycles. The first-order valence-corrected chi connectivity index (χ1v) is 13.1. The summed E-state index contributed by atoms with van der Waals surface area (Å²) in [4.78, 5) is 13.2. The molecule has 180 valence electrons. The van der Waals surface area contributed by atoms with E-state index in [4.69, 9.17) is 4.74 Å². The smallest absolute Gasteiger partial charge is 0.317 e. The maximum absolute atomic E-state index is 11.3. The summed E-state index contributed by atoms with van der Waals surface area (Å²) in [6.45, 7) is 4.41. The van der Waals surface area contributed by atoms with Gasteiger partial charge in [0.25, 0.3) is 0 Å². The van der Waals surface area contributed by atoms with Gasteiger partial charge in [-0.05, 0) is 51.6 Å². The van der Waals surface area contributed by atoms with Crippen LogP contribution in [-0.4, -0.2) is 67.1 Å². The highest BCUT2D eigenvalue weighted by Gasteiger charge is 2.43. The van der Waals surface area contributed by atoms with Crippen molar-refractivity contribution in [2.45, 2.75) is 115 Å². The molecular weight excluding hydrogens is 390 g/mol. The van der Waals surface area contributed by atoms with Gasteiger partial charge in [0, 0.05) is 24.9 Å². The molecule has 3 aliphatic rings. The Balaban J connectivity index is 1.55. The van der Waals surface area contributed by atoms with Crippen LogP contribution in [0.5, 0.6) is 0 Å². The lowest BCUT2D eigenvalue weighted by molar-refractivity contribution is -0.141. The molecular formula is C25H47N3O3. The average molecular weight is 438 g/mol. The van der Waals surface area contributed by atoms with Gasteiger partial charge in [0.1, 0.15) is 0 Å². The van der Waals surface area contributed by atoms with Crippen molar-refractivity contribution >= 4 is 5.97 Å². The van der Waals surface area contributed by atoms with E-state index in [1.807, 2.05) is 11.9 Å². The van der Waals surface area contributed by atoms with E-state index < -0.39 is 5.97 Å². The molecule has 0 bridgehead atoms. The summed E-state index contributed by atoms with van der Waals surface area (Å²) in [6, 6.07) is 0.456. The fraction of sp³-hybridized carbons (Fsp3) is 0.960. The van der Waals surface area contributed by atoms with Gasteiger partial charge in [-0.15, -0.1) is 0 Å². The minimum atomic E-state index is -0.761. The molecule has 6 heteroatoms. The lowest BCUT2D eigenvalue weighted by Gasteiger charge is -2.50. The standard InChI is InChI=1S/C25H47N3O3/c1-3-4-5-6-7-8-10-19-12-13-22-21(15-19)23(31-20-11-9-14-26-17-20)16-24(27-22)28(2)18-25(29)30/h19-24,26-27H,3-18H2,1-2H3,(H,29,30). The van der Waals surface area contributed by atoms with E-state index in [0.717, 1.165) is 31.8 Å². The average Bonchev–Trinajstić information content (AvgIpc) is 2.76. The quantitative estimate of drug-likeness (QED) is 0.401. The summed E-state index contributed by atoms with van der Waals surface area (Å²) in [5.74, 6) is 0.636. The number of carbonyl (C=O) groups is 1. The zero-order chi connectivity index (χ0) is 22.1. The number of nitrogens with one attached hydrogen (secondary N) is 2. The molecule has 1 aliphatic carbocycles. The molecule has 6 unspecified atom stereocenters. The molecule has 6 atom stereocenters. The van der Waals surface area contributed by atoms with Gasteiger partial charge < -0.3 is 15.2 Å². The van der Waals surface area contributed by atoms with Crippen molar-refractivity contribution in [2.24, 2.45) is 11.8 Å². The first-order valence-electron chi connectivity index (χ1n) is 13.1. The topological polar surface area (TPSA) is 73.8 Å². The van der Waals surface area contributed by atoms with Crippen molar-refractivity contribution in [1.82, 2.24) is 15.5 Å². The van der Waals surface area contributed by atoms with Gasteiger partial charge in [0.15, 0.2) is 0 Å². The Kier molecular flexibility index (Phi) is 10.6. The Morgan fingerprint density at radius 3 is 2.65 bits per heavy atom. The Morgan fingerprint density at radius 1 is 1.10 bits per heavy atom. The van der Waals surface area contributed by atoms with Crippen LogP contribution >= 0.6 is 0 Å². The number of carboxylic acid groups (broad SMARTS) is 1. The second-order valence-corrected chi connectivity index (χ2v) is 10.4. The monoisotopic (exact) mass is 437 g/mol. The van der Waals surface area contributed by atoms with Crippen LogP contribution < -0.4 is 10.6 Å². The second kappa shape index (κ2) is 13.1. The van der Waals surface area contributed by atoms with Gasteiger partial charge in [-0.25, -0.2) is 0 Å². The van der Waals surface area contributed by atoms with Gasteiger partial charge in [-0.2, -0.15) is 0 Å². The third-order valence-electron chi connectivity index (χ3n) is 7.85. The summed E-state index contributed by atoms with van der Waals surface area (Å²) in [6.07, 6.45) is 17.3. The van der Waals surface area contributed by atoms with E-state index in [1.165, 1.54) is 70.6 Å². The lowest BCUT2D eigenvalue weighted by Crippen LogP contribution is -2.62. The van der Waals surface area contributed by atoms with Crippen LogP contribution in [0.25, 0.3) is 0 Å². The summed E-state index contributed by atoms with van der Waals surface area (Å²) >= 11 is 0. The molecule has 2 saturated heterocycles. The van der Waals surface area contributed by atoms with Crippen LogP contribution in [0.2, 0.25) is 0 Å². The highest BCUT2D eigenvalue weighted by molar-refractivity contribution is 5.69. The lowest BCUT2D eigenvalue weighted by atomic mass is 9.71. The number of likely N-dealkylation sites (N-methyl/N-ethyl adjacent to an activating group) is 1. The number of nitrogens with zero attached hydrogens (tertiary/aromatic N) is 1. The van der Waals surface area contributed by atoms with Gasteiger partial charge in [-0.1, -0.05) is 51.9 Å². The molecule has 1 saturated carbocycles. The Bertz CT molecular complexity index is 526. The van der Waals surface area contributed by atoms with Crippen molar-refractivity contribution < 1.29 is 14.6 Å². The molecule has 3 fully saturated rings. The number of hydrogen-bond donors (Lipinski definition) is 3. The van der Waals surface area contributed by atoms with E-state index >= 15 is 0 Å². The van der Waals surface area contributed by atoms with Crippen LogP contribution in [0.3, 0.4) is 0 Å². The Labute approximate surface area is 189 Å². The molecule has 2 heterocycles. The predicted octanol–water partition coefficient (Wildman–Crippen LogP) is 3.99. The van der Waals surface area contributed by atoms with Crippen molar-refractivity contribution in [2.75, 3.05) is 26.7 Å². The molecule has 0 spiro atoms. The van der Waals surface area contributed by atoms with Crippen molar-refractivity contribution in [3.8, 4) is 0 Å². The van der Waals surface area contributed by atoms with Gasteiger partial charge in [-0.3, -0.25) is 15.0 Å². The molecule has 0 aromatic heterocycles. The van der Waals surface area contributed by atoms with E-state index in [-0.39, 0.29) is 18.8 Å². The van der Waals surface area contributed by atoms with E-state index in [1.54, 1.807) is 0 Å². The highest BCUT2D eigenvalue weighted by Crippen LogP contribution is 2.40. The first kappa shape index (κ1) is 24.9. The van der Waals surface area contributed by atoms with E-state index in [2.05, 4.69) is 17.6 Å². The third-order valence-corrected chi connectivity index (χ3v) is 7.85. The molecule has 31 heavy (non-hydrogen) atoms. The molecule has 0 radical (unpaired) electrons. The third kappa shape index (κ3) is 7.99. The van der Waals surface area contributed by atoms with Gasteiger partial charge >= 0.3 is 5.97 Å². The SMILES string of the molecule is CCCCCCCCC1CCC2NC(N(C)CC(=O)O)CC(OC3CCCNC3)C2C1. The number of piperidine rings is 2. The molecule has 3 rings (SSSR count).